The minimum Gasteiger partial charge on any atom is -0.295 e. The van der Waals surface area contributed by atoms with E-state index in [1.165, 1.54) is 48.5 Å². The number of ketones is 1. The second-order valence-electron chi connectivity index (χ2n) is 6.41. The molecule has 1 heterocycles. The molecule has 2 aromatic rings. The van der Waals surface area contributed by atoms with Crippen molar-refractivity contribution in [1.82, 2.24) is 4.90 Å². The molecule has 0 atom stereocenters. The summed E-state index contributed by atoms with van der Waals surface area (Å²) < 4.78 is 37.7. The normalized spacial score (nSPS) is 15.2. The fourth-order valence-electron chi connectivity index (χ4n) is 2.98. The molecule has 7 heteroatoms. The third-order valence-electron chi connectivity index (χ3n) is 4.36. The van der Waals surface area contributed by atoms with Gasteiger partial charge in [-0.05, 0) is 54.4 Å². The summed E-state index contributed by atoms with van der Waals surface area (Å²) in [5, 5.41) is 8.77. The van der Waals surface area contributed by atoms with Gasteiger partial charge in [-0.1, -0.05) is 0 Å². The lowest BCUT2D eigenvalue weighted by Gasteiger charge is -2.38. The Morgan fingerprint density at radius 1 is 1.12 bits per heavy atom. The van der Waals surface area contributed by atoms with Crippen LogP contribution in [-0.2, 0) is 9.84 Å². The molecule has 3 rings (SSSR count). The van der Waals surface area contributed by atoms with Crippen molar-refractivity contribution in [3.8, 4) is 6.07 Å². The molecule has 2 aromatic carbocycles. The highest BCUT2D eigenvalue weighted by atomic mass is 32.2. The zero-order chi connectivity index (χ0) is 18.7. The summed E-state index contributed by atoms with van der Waals surface area (Å²) in [7, 11) is -3.42. The van der Waals surface area contributed by atoms with Gasteiger partial charge in [-0.25, -0.2) is 12.8 Å². The van der Waals surface area contributed by atoms with Gasteiger partial charge in [0.25, 0.3) is 0 Å². The molecule has 26 heavy (non-hydrogen) atoms. The molecule has 0 saturated carbocycles. The summed E-state index contributed by atoms with van der Waals surface area (Å²) in [4.78, 5) is 14.2. The standard InChI is InChI=1S/C19H17FN2O3S/c20-17-5-3-16(4-6-17)19(23)12-22-10-15(11-22)13-26(24,25)18-7-1-14(9-21)2-8-18/h1-8,15H,10-13H2. The van der Waals surface area contributed by atoms with Crippen LogP contribution < -0.4 is 0 Å². The largest absolute Gasteiger partial charge is 0.295 e. The number of carbonyl (C=O) groups excluding carboxylic acids is 1. The van der Waals surface area contributed by atoms with Gasteiger partial charge in [0, 0.05) is 18.7 Å². The van der Waals surface area contributed by atoms with Crippen LogP contribution in [0.5, 0.6) is 0 Å². The van der Waals surface area contributed by atoms with E-state index in [2.05, 4.69) is 0 Å². The number of halogens is 1. The molecule has 1 aliphatic heterocycles. The van der Waals surface area contributed by atoms with Crippen molar-refractivity contribution < 1.29 is 17.6 Å². The van der Waals surface area contributed by atoms with Gasteiger partial charge < -0.3 is 0 Å². The fourth-order valence-corrected chi connectivity index (χ4v) is 4.56. The molecular formula is C19H17FN2O3S. The van der Waals surface area contributed by atoms with Crippen LogP contribution in [0.4, 0.5) is 4.39 Å². The summed E-state index contributed by atoms with van der Waals surface area (Å²) >= 11 is 0. The number of nitriles is 1. The van der Waals surface area contributed by atoms with Crippen LogP contribution in [0.3, 0.4) is 0 Å². The molecule has 0 radical (unpaired) electrons. The molecule has 0 aliphatic carbocycles. The molecule has 0 N–H and O–H groups in total. The first-order chi connectivity index (χ1) is 12.4. The summed E-state index contributed by atoms with van der Waals surface area (Å²) in [5.41, 5.74) is 0.859. The minimum atomic E-state index is -3.42. The number of Topliss-reactive ketones (excluding diaryl/α,β-unsaturated/α-hetero) is 1. The van der Waals surface area contributed by atoms with Crippen molar-refractivity contribution >= 4 is 15.6 Å². The van der Waals surface area contributed by atoms with Gasteiger partial charge in [0.1, 0.15) is 5.82 Å². The van der Waals surface area contributed by atoms with Crippen molar-refractivity contribution in [2.45, 2.75) is 4.90 Å². The van der Waals surface area contributed by atoms with Crippen molar-refractivity contribution in [3.05, 3.63) is 65.5 Å². The van der Waals surface area contributed by atoms with Crippen LogP contribution in [0.15, 0.2) is 53.4 Å². The molecule has 0 spiro atoms. The summed E-state index contributed by atoms with van der Waals surface area (Å²) in [5.74, 6) is -0.520. The van der Waals surface area contributed by atoms with E-state index < -0.39 is 15.7 Å². The van der Waals surface area contributed by atoms with Crippen LogP contribution >= 0.6 is 0 Å². The Hall–Kier alpha value is -2.56. The van der Waals surface area contributed by atoms with E-state index in [0.29, 0.717) is 24.2 Å². The summed E-state index contributed by atoms with van der Waals surface area (Å²) in [6.07, 6.45) is 0. The molecule has 0 bridgehead atoms. The van der Waals surface area contributed by atoms with Gasteiger partial charge in [0.15, 0.2) is 15.6 Å². The molecule has 0 unspecified atom stereocenters. The number of hydrogen-bond donors (Lipinski definition) is 0. The van der Waals surface area contributed by atoms with E-state index in [-0.39, 0.29) is 28.9 Å². The maximum atomic E-state index is 12.9. The van der Waals surface area contributed by atoms with Crippen LogP contribution in [0, 0.1) is 23.1 Å². The Bertz CT molecular complexity index is 942. The maximum absolute atomic E-state index is 12.9. The Kier molecular flexibility index (Phi) is 5.16. The first-order valence-corrected chi connectivity index (χ1v) is 9.76. The van der Waals surface area contributed by atoms with E-state index in [4.69, 9.17) is 5.26 Å². The number of likely N-dealkylation sites (tertiary alicyclic amines) is 1. The molecule has 134 valence electrons. The summed E-state index contributed by atoms with van der Waals surface area (Å²) in [6.45, 7) is 1.25. The lowest BCUT2D eigenvalue weighted by atomic mass is 10.0. The highest BCUT2D eigenvalue weighted by Crippen LogP contribution is 2.22. The van der Waals surface area contributed by atoms with Crippen molar-refractivity contribution in [1.29, 1.82) is 5.26 Å². The molecule has 1 saturated heterocycles. The zero-order valence-corrected chi connectivity index (χ0v) is 14.7. The van der Waals surface area contributed by atoms with E-state index in [1.54, 1.807) is 0 Å². The number of hydrogen-bond acceptors (Lipinski definition) is 5. The van der Waals surface area contributed by atoms with Crippen molar-refractivity contribution in [2.24, 2.45) is 5.92 Å². The molecule has 1 fully saturated rings. The van der Waals surface area contributed by atoms with Gasteiger partial charge in [-0.2, -0.15) is 5.26 Å². The van der Waals surface area contributed by atoms with Crippen molar-refractivity contribution in [2.75, 3.05) is 25.4 Å². The van der Waals surface area contributed by atoms with E-state index in [1.807, 2.05) is 11.0 Å². The highest BCUT2D eigenvalue weighted by Gasteiger charge is 2.32. The zero-order valence-electron chi connectivity index (χ0n) is 13.9. The van der Waals surface area contributed by atoms with E-state index in [9.17, 15) is 17.6 Å². The number of sulfone groups is 1. The Labute approximate surface area is 151 Å². The number of rotatable bonds is 6. The van der Waals surface area contributed by atoms with Crippen molar-refractivity contribution in [3.63, 3.8) is 0 Å². The summed E-state index contributed by atoms with van der Waals surface area (Å²) in [6, 6.07) is 13.2. The van der Waals surface area contributed by atoms with E-state index in [0.717, 1.165) is 0 Å². The van der Waals surface area contributed by atoms with Gasteiger partial charge >= 0.3 is 0 Å². The Morgan fingerprint density at radius 2 is 1.73 bits per heavy atom. The Morgan fingerprint density at radius 3 is 2.31 bits per heavy atom. The third kappa shape index (κ3) is 4.15. The number of benzene rings is 2. The second-order valence-corrected chi connectivity index (χ2v) is 8.44. The van der Waals surface area contributed by atoms with Crippen LogP contribution in [0.1, 0.15) is 15.9 Å². The molecule has 0 amide bonds. The smallest absolute Gasteiger partial charge is 0.178 e. The van der Waals surface area contributed by atoms with Gasteiger partial charge in [0.2, 0.25) is 0 Å². The Balaban J connectivity index is 1.52. The number of nitrogens with zero attached hydrogens (tertiary/aromatic N) is 2. The topological polar surface area (TPSA) is 78.2 Å². The lowest BCUT2D eigenvalue weighted by Crippen LogP contribution is -2.51. The first kappa shape index (κ1) is 18.2. The average molecular weight is 372 g/mol. The second kappa shape index (κ2) is 7.36. The predicted molar refractivity (Wildman–Crippen MR) is 93.9 cm³/mol. The molecule has 1 aliphatic rings. The highest BCUT2D eigenvalue weighted by molar-refractivity contribution is 7.91. The molecule has 0 aromatic heterocycles. The van der Waals surface area contributed by atoms with Gasteiger partial charge in [-0.3, -0.25) is 9.69 Å². The lowest BCUT2D eigenvalue weighted by molar-refractivity contribution is 0.0771. The van der Waals surface area contributed by atoms with Crippen LogP contribution in [0.25, 0.3) is 0 Å². The molecular weight excluding hydrogens is 355 g/mol. The molecule has 5 nitrogen and oxygen atoms in total. The van der Waals surface area contributed by atoms with Crippen LogP contribution in [0.2, 0.25) is 0 Å². The fraction of sp³-hybridized carbons (Fsp3) is 0.263. The average Bonchev–Trinajstić information content (AvgIpc) is 2.60. The van der Waals surface area contributed by atoms with Crippen LogP contribution in [-0.4, -0.2) is 44.5 Å². The van der Waals surface area contributed by atoms with E-state index >= 15 is 0 Å². The van der Waals surface area contributed by atoms with Gasteiger partial charge in [-0.15, -0.1) is 0 Å². The number of carbonyl (C=O) groups is 1. The quantitative estimate of drug-likeness (QED) is 0.727. The SMILES string of the molecule is N#Cc1ccc(S(=O)(=O)CC2CN(CC(=O)c3ccc(F)cc3)C2)cc1. The first-order valence-electron chi connectivity index (χ1n) is 8.11. The maximum Gasteiger partial charge on any atom is 0.178 e. The monoisotopic (exact) mass is 372 g/mol. The third-order valence-corrected chi connectivity index (χ3v) is 6.26. The predicted octanol–water partition coefficient (Wildman–Crippen LogP) is 2.29. The minimum absolute atomic E-state index is 0.0140. The van der Waals surface area contributed by atoms with Gasteiger partial charge in [0.05, 0.1) is 28.8 Å².